The molecule has 1 aliphatic rings. The van der Waals surface area contributed by atoms with Gasteiger partial charge in [-0.05, 0) is 0 Å². The predicted octanol–water partition coefficient (Wildman–Crippen LogP) is 1.58. The van der Waals surface area contributed by atoms with Crippen molar-refractivity contribution < 1.29 is 18.6 Å². The van der Waals surface area contributed by atoms with Crippen LogP contribution >= 0.6 is 0 Å². The number of hydrogen-bond acceptors (Lipinski definition) is 0. The Kier molecular flexibility index (Phi) is 4.13. The molecule has 0 spiro atoms. The quantitative estimate of drug-likeness (QED) is 0.424. The Bertz CT molecular complexity index is 15.5. The first kappa shape index (κ1) is 6.58. The molecule has 0 aromatic rings. The zero-order valence-electron chi connectivity index (χ0n) is 3.72. The van der Waals surface area contributed by atoms with E-state index in [0.717, 1.165) is 0 Å². The molecule has 1 fully saturated rings. The van der Waals surface area contributed by atoms with Crippen LogP contribution in [0.5, 0.6) is 0 Å². The monoisotopic (exact) mass is 119 g/mol. The van der Waals surface area contributed by atoms with E-state index in [-0.39, 0.29) is 18.6 Å². The van der Waals surface area contributed by atoms with Gasteiger partial charge in [0.05, 0.1) is 0 Å². The number of rotatable bonds is 0. The molecular weight excluding hydrogens is 111 g/mol. The van der Waals surface area contributed by atoms with Crippen LogP contribution in [0.2, 0.25) is 0 Å². The molecule has 0 aromatic carbocycles. The van der Waals surface area contributed by atoms with Crippen molar-refractivity contribution in [2.45, 2.75) is 19.3 Å². The third-order valence-corrected chi connectivity index (χ3v) is 0.908. The summed E-state index contributed by atoms with van der Waals surface area (Å²) in [7, 11) is 0. The average Bonchev–Trinajstić information content (AvgIpc) is 1.76. The largest absolute Gasteiger partial charge is 2.00 e. The van der Waals surface area contributed by atoms with E-state index in [0.29, 0.717) is 0 Å². The van der Waals surface area contributed by atoms with E-state index in [1.807, 2.05) is 0 Å². The summed E-state index contributed by atoms with van der Waals surface area (Å²) in [4.78, 5) is 0. The molecule has 6 heavy (non-hydrogen) atoms. The Morgan fingerprint density at radius 3 is 1.67 bits per heavy atom. The van der Waals surface area contributed by atoms with Gasteiger partial charge in [-0.25, -0.2) is 12.8 Å². The van der Waals surface area contributed by atoms with Crippen LogP contribution in [0.25, 0.3) is 0 Å². The van der Waals surface area contributed by atoms with Crippen molar-refractivity contribution in [3.63, 3.8) is 0 Å². The van der Waals surface area contributed by atoms with Gasteiger partial charge >= 0.3 is 18.6 Å². The van der Waals surface area contributed by atoms with Crippen LogP contribution < -0.4 is 0 Å². The molecule has 0 saturated heterocycles. The first-order valence-corrected chi connectivity index (χ1v) is 2.13. The molecule has 1 aliphatic carbocycles. The van der Waals surface area contributed by atoms with Gasteiger partial charge in [0.1, 0.15) is 0 Å². The summed E-state index contributed by atoms with van der Waals surface area (Å²) < 4.78 is 0. The molecule has 0 unspecified atom stereocenters. The van der Waals surface area contributed by atoms with Crippen molar-refractivity contribution in [1.29, 1.82) is 0 Å². The van der Waals surface area contributed by atoms with E-state index < -0.39 is 0 Å². The molecule has 1 radical (unpaired) electrons. The molecule has 0 aliphatic heterocycles. The molecular formula is C5H8V. The molecule has 0 nitrogen and oxygen atoms in total. The van der Waals surface area contributed by atoms with Gasteiger partial charge in [0.25, 0.3) is 0 Å². The average molecular weight is 119 g/mol. The first-order chi connectivity index (χ1) is 2.50. The molecule has 0 aromatic heterocycles. The first-order valence-electron chi connectivity index (χ1n) is 2.13. The molecule has 1 rings (SSSR count). The maximum Gasteiger partial charge on any atom is 2.00 e. The third-order valence-electron chi connectivity index (χ3n) is 0.908. The molecule has 1 saturated carbocycles. The molecule has 0 heterocycles. The standard InChI is InChI=1S/C5H8.V/c1-2-4-5-3-1;/h1,4H,2-3,5H2;/q-2;+2. The Labute approximate surface area is 51.2 Å². The van der Waals surface area contributed by atoms with Gasteiger partial charge in [-0.2, -0.15) is 0 Å². The Balaban J connectivity index is 0.000000250. The van der Waals surface area contributed by atoms with Gasteiger partial charge in [-0.15, -0.1) is 0 Å². The van der Waals surface area contributed by atoms with Crippen molar-refractivity contribution in [2.75, 3.05) is 0 Å². The van der Waals surface area contributed by atoms with Gasteiger partial charge in [0.15, 0.2) is 0 Å². The molecule has 0 bridgehead atoms. The van der Waals surface area contributed by atoms with Crippen LogP contribution in [0.15, 0.2) is 0 Å². The van der Waals surface area contributed by atoms with Gasteiger partial charge in [0, 0.05) is 0 Å². The van der Waals surface area contributed by atoms with E-state index in [4.69, 9.17) is 0 Å². The van der Waals surface area contributed by atoms with Crippen molar-refractivity contribution in [3.8, 4) is 0 Å². The van der Waals surface area contributed by atoms with Crippen molar-refractivity contribution in [1.82, 2.24) is 0 Å². The summed E-state index contributed by atoms with van der Waals surface area (Å²) in [6.07, 6.45) is 8.50. The van der Waals surface area contributed by atoms with Crippen LogP contribution in [0.3, 0.4) is 0 Å². The van der Waals surface area contributed by atoms with Crippen molar-refractivity contribution in [2.24, 2.45) is 0 Å². The molecule has 0 atom stereocenters. The fourth-order valence-corrected chi connectivity index (χ4v) is 0.589. The van der Waals surface area contributed by atoms with E-state index in [9.17, 15) is 0 Å². The number of hydrogen-bond donors (Lipinski definition) is 0. The Hall–Kier alpha value is 0.584. The summed E-state index contributed by atoms with van der Waals surface area (Å²) in [6, 6.07) is 0. The summed E-state index contributed by atoms with van der Waals surface area (Å²) in [6.45, 7) is 0. The minimum atomic E-state index is 0. The second-order valence-electron chi connectivity index (χ2n) is 1.39. The minimum absolute atomic E-state index is 0. The molecule has 0 amide bonds. The molecule has 0 N–H and O–H groups in total. The van der Waals surface area contributed by atoms with E-state index in [1.165, 1.54) is 19.3 Å². The maximum absolute atomic E-state index is 2.31. The third kappa shape index (κ3) is 1.89. The van der Waals surface area contributed by atoms with Crippen molar-refractivity contribution in [3.05, 3.63) is 12.8 Å². The van der Waals surface area contributed by atoms with Gasteiger partial charge < -0.3 is 19.3 Å². The predicted molar refractivity (Wildman–Crippen MR) is 22.5 cm³/mol. The van der Waals surface area contributed by atoms with Gasteiger partial charge in [-0.3, -0.25) is 0 Å². The molecule has 1 heteroatoms. The van der Waals surface area contributed by atoms with Gasteiger partial charge in [-0.1, -0.05) is 0 Å². The summed E-state index contributed by atoms with van der Waals surface area (Å²) >= 11 is 0. The summed E-state index contributed by atoms with van der Waals surface area (Å²) in [5.41, 5.74) is 0. The zero-order valence-corrected chi connectivity index (χ0v) is 5.12. The second kappa shape index (κ2) is 3.76. The van der Waals surface area contributed by atoms with Crippen molar-refractivity contribution >= 4 is 0 Å². The fraction of sp³-hybridized carbons (Fsp3) is 0.600. The summed E-state index contributed by atoms with van der Waals surface area (Å²) in [5, 5.41) is 0. The van der Waals surface area contributed by atoms with Gasteiger partial charge in [0.2, 0.25) is 0 Å². The van der Waals surface area contributed by atoms with Crippen LogP contribution in [-0.4, -0.2) is 0 Å². The van der Waals surface area contributed by atoms with E-state index in [2.05, 4.69) is 12.8 Å². The second-order valence-corrected chi connectivity index (χ2v) is 1.39. The Morgan fingerprint density at radius 1 is 1.00 bits per heavy atom. The fourth-order valence-electron chi connectivity index (χ4n) is 0.589. The SMILES string of the molecule is [CH-]1C[CH-]CC1.[V+2]. The Morgan fingerprint density at radius 2 is 1.50 bits per heavy atom. The van der Waals surface area contributed by atoms with Crippen LogP contribution in [0, 0.1) is 12.8 Å². The topological polar surface area (TPSA) is 0 Å². The summed E-state index contributed by atoms with van der Waals surface area (Å²) in [5.74, 6) is 0. The maximum atomic E-state index is 2.31. The van der Waals surface area contributed by atoms with E-state index in [1.54, 1.807) is 0 Å². The zero-order chi connectivity index (χ0) is 3.54. The van der Waals surface area contributed by atoms with E-state index >= 15 is 0 Å². The normalized spacial score (nSPS) is 20.0. The van der Waals surface area contributed by atoms with Crippen LogP contribution in [-0.2, 0) is 18.6 Å². The van der Waals surface area contributed by atoms with Crippen LogP contribution in [0.1, 0.15) is 19.3 Å². The van der Waals surface area contributed by atoms with Crippen LogP contribution in [0.4, 0.5) is 0 Å². The smallest absolute Gasteiger partial charge is 0.360 e. The molecule has 33 valence electrons. The minimum Gasteiger partial charge on any atom is -0.360 e.